The molecule has 2 aromatic carbocycles. The Morgan fingerprint density at radius 2 is 1.43 bits per heavy atom. The van der Waals surface area contributed by atoms with Crippen molar-refractivity contribution in [2.24, 2.45) is 11.1 Å². The Balaban J connectivity index is 0.000000448. The summed E-state index contributed by atoms with van der Waals surface area (Å²) in [6.45, 7) is 0.589. The van der Waals surface area contributed by atoms with Crippen LogP contribution in [0.25, 0.3) is 0 Å². The summed E-state index contributed by atoms with van der Waals surface area (Å²) in [5, 5.41) is 23.6. The molecule has 1 atom stereocenters. The number of carbonyl (C=O) groups is 2. The molecule has 16 heteroatoms. The lowest BCUT2D eigenvalue weighted by Crippen LogP contribution is -2.56. The highest BCUT2D eigenvalue weighted by Gasteiger charge is 2.48. The maximum atomic E-state index is 13.3. The standard InChI is InChI=1S/C22H35BN4O6S.C6H6O3S/c24-19(9-6-14-23(30)31)26-21(29)22(12-4-5-13-22)20(28)25-17-10-15-27(16-11-17)34(32,33)18-7-2-1-3-8-18;7-10(8,9)6-4-2-1-3-5-6/h1-3,7-8,17,19,30-31H,4-6,9-16,24H2,(H,25,28)(H,26,29);1-5H,(H,7,8,9). The lowest BCUT2D eigenvalue weighted by molar-refractivity contribution is -0.144. The van der Waals surface area contributed by atoms with Gasteiger partial charge in [-0.05, 0) is 62.7 Å². The largest absolute Gasteiger partial charge is 0.451 e. The zero-order chi connectivity index (χ0) is 32.4. The highest BCUT2D eigenvalue weighted by Crippen LogP contribution is 2.39. The highest BCUT2D eigenvalue weighted by atomic mass is 32.2. The molecular weight excluding hydrogens is 611 g/mol. The van der Waals surface area contributed by atoms with Gasteiger partial charge in [-0.1, -0.05) is 55.7 Å². The zero-order valence-corrected chi connectivity index (χ0v) is 26.0. The van der Waals surface area contributed by atoms with Crippen LogP contribution in [0.1, 0.15) is 51.4 Å². The second kappa shape index (κ2) is 15.9. The number of hydrogen-bond acceptors (Lipinski definition) is 9. The van der Waals surface area contributed by atoms with E-state index in [0.29, 0.717) is 51.6 Å². The van der Waals surface area contributed by atoms with Crippen molar-refractivity contribution in [2.75, 3.05) is 13.1 Å². The third-order valence-electron chi connectivity index (χ3n) is 7.83. The lowest BCUT2D eigenvalue weighted by atomic mass is 9.82. The van der Waals surface area contributed by atoms with Crippen molar-refractivity contribution in [3.05, 3.63) is 60.7 Å². The summed E-state index contributed by atoms with van der Waals surface area (Å²) < 4.78 is 56.3. The molecule has 1 heterocycles. The first-order chi connectivity index (χ1) is 20.8. The molecule has 2 fully saturated rings. The molecule has 1 saturated heterocycles. The SMILES string of the molecule is NC(CCCB(O)O)NC(=O)C1(C(=O)NC2CCN(S(=O)(=O)c3ccccc3)CC2)CCCC1.O=S(=O)(O)c1ccccc1. The first-order valence-corrected chi connectivity index (χ1v) is 17.4. The number of sulfonamides is 1. The Bertz CT molecular complexity index is 1430. The molecule has 0 spiro atoms. The van der Waals surface area contributed by atoms with Gasteiger partial charge in [0, 0.05) is 19.1 Å². The Morgan fingerprint density at radius 1 is 0.909 bits per heavy atom. The Morgan fingerprint density at radius 3 is 1.91 bits per heavy atom. The first-order valence-electron chi connectivity index (χ1n) is 14.6. The molecule has 44 heavy (non-hydrogen) atoms. The average Bonchev–Trinajstić information content (AvgIpc) is 3.50. The average molecular weight is 653 g/mol. The van der Waals surface area contributed by atoms with E-state index >= 15 is 0 Å². The predicted octanol–water partition coefficient (Wildman–Crippen LogP) is 1.10. The van der Waals surface area contributed by atoms with E-state index in [0.717, 1.165) is 12.8 Å². The van der Waals surface area contributed by atoms with Gasteiger partial charge in [-0.2, -0.15) is 12.7 Å². The van der Waals surface area contributed by atoms with Crippen molar-refractivity contribution in [1.29, 1.82) is 0 Å². The highest BCUT2D eigenvalue weighted by molar-refractivity contribution is 7.89. The number of amides is 2. The van der Waals surface area contributed by atoms with Crippen LogP contribution in [0.2, 0.25) is 6.32 Å². The van der Waals surface area contributed by atoms with Crippen LogP contribution in [0, 0.1) is 5.41 Å². The number of benzene rings is 2. The topological polar surface area (TPSA) is 216 Å². The van der Waals surface area contributed by atoms with E-state index in [2.05, 4.69) is 10.6 Å². The van der Waals surface area contributed by atoms with Crippen LogP contribution in [0.5, 0.6) is 0 Å². The summed E-state index contributed by atoms with van der Waals surface area (Å²) in [6, 6.07) is 15.5. The van der Waals surface area contributed by atoms with Gasteiger partial charge in [0.05, 0.1) is 16.0 Å². The lowest BCUT2D eigenvalue weighted by Gasteiger charge is -2.34. The molecule has 1 saturated carbocycles. The second-order valence-corrected chi connectivity index (χ2v) is 14.4. The van der Waals surface area contributed by atoms with Crippen LogP contribution >= 0.6 is 0 Å². The third-order valence-corrected chi connectivity index (χ3v) is 10.6. The van der Waals surface area contributed by atoms with E-state index in [1.807, 2.05) is 0 Å². The van der Waals surface area contributed by atoms with Gasteiger partial charge in [-0.25, -0.2) is 8.42 Å². The van der Waals surface area contributed by atoms with E-state index in [-0.39, 0.29) is 28.1 Å². The smallest absolute Gasteiger partial charge is 0.427 e. The minimum Gasteiger partial charge on any atom is -0.427 e. The van der Waals surface area contributed by atoms with Gasteiger partial charge in [-0.3, -0.25) is 14.1 Å². The molecule has 1 aliphatic carbocycles. The van der Waals surface area contributed by atoms with Crippen LogP contribution in [-0.2, 0) is 29.7 Å². The van der Waals surface area contributed by atoms with Crippen LogP contribution in [0.3, 0.4) is 0 Å². The normalized spacial score (nSPS) is 18.0. The Hall–Kier alpha value is -2.86. The molecule has 13 nitrogen and oxygen atoms in total. The van der Waals surface area contributed by atoms with Crippen LogP contribution in [0.15, 0.2) is 70.5 Å². The monoisotopic (exact) mass is 652 g/mol. The third kappa shape index (κ3) is 9.82. The number of piperidine rings is 1. The minimum absolute atomic E-state index is 0.0741. The Kier molecular flexibility index (Phi) is 12.9. The van der Waals surface area contributed by atoms with Crippen molar-refractivity contribution >= 4 is 39.1 Å². The summed E-state index contributed by atoms with van der Waals surface area (Å²) in [7, 11) is -8.99. The Labute approximate surface area is 259 Å². The molecule has 242 valence electrons. The zero-order valence-electron chi connectivity index (χ0n) is 24.4. The van der Waals surface area contributed by atoms with Gasteiger partial charge in [0.15, 0.2) is 0 Å². The van der Waals surface area contributed by atoms with Crippen LogP contribution < -0.4 is 16.4 Å². The molecular formula is C28H41BN4O9S2. The summed E-state index contributed by atoms with van der Waals surface area (Å²) in [6.07, 6.45) is 3.63. The molecule has 1 unspecified atom stereocenters. The molecule has 2 aromatic rings. The molecule has 0 aromatic heterocycles. The number of nitrogens with zero attached hydrogens (tertiary/aromatic N) is 1. The molecule has 1 aliphatic heterocycles. The number of rotatable bonds is 11. The molecule has 2 amide bonds. The summed E-state index contributed by atoms with van der Waals surface area (Å²) in [5.74, 6) is -0.728. The quantitative estimate of drug-likeness (QED) is 0.0879. The fraction of sp³-hybridized carbons (Fsp3) is 0.500. The number of nitrogens with two attached hydrogens (primary N) is 1. The number of nitrogens with one attached hydrogen (secondary N) is 2. The van der Waals surface area contributed by atoms with E-state index in [1.165, 1.54) is 16.4 Å². The van der Waals surface area contributed by atoms with Gasteiger partial charge in [-0.15, -0.1) is 0 Å². The summed E-state index contributed by atoms with van der Waals surface area (Å²) >= 11 is 0. The van der Waals surface area contributed by atoms with E-state index in [1.54, 1.807) is 48.5 Å². The van der Waals surface area contributed by atoms with Gasteiger partial charge < -0.3 is 26.4 Å². The molecule has 0 bridgehead atoms. The fourth-order valence-electron chi connectivity index (χ4n) is 5.33. The van der Waals surface area contributed by atoms with Crippen LogP contribution in [-0.4, -0.2) is 80.0 Å². The van der Waals surface area contributed by atoms with Crippen LogP contribution in [0.4, 0.5) is 0 Å². The van der Waals surface area contributed by atoms with Crippen molar-refractivity contribution in [3.8, 4) is 0 Å². The van der Waals surface area contributed by atoms with Gasteiger partial charge >= 0.3 is 7.12 Å². The molecule has 2 aliphatic rings. The van der Waals surface area contributed by atoms with Crippen molar-refractivity contribution in [3.63, 3.8) is 0 Å². The van der Waals surface area contributed by atoms with E-state index < -0.39 is 44.7 Å². The maximum absolute atomic E-state index is 13.3. The number of carbonyl (C=O) groups excluding carboxylic acids is 2. The van der Waals surface area contributed by atoms with Crippen molar-refractivity contribution in [1.82, 2.24) is 14.9 Å². The summed E-state index contributed by atoms with van der Waals surface area (Å²) in [4.78, 5) is 26.5. The van der Waals surface area contributed by atoms with E-state index in [9.17, 15) is 26.4 Å². The van der Waals surface area contributed by atoms with Crippen molar-refractivity contribution in [2.45, 2.75) is 79.7 Å². The summed E-state index contributed by atoms with van der Waals surface area (Å²) in [5.41, 5.74) is 4.81. The maximum Gasteiger partial charge on any atom is 0.451 e. The van der Waals surface area contributed by atoms with Crippen molar-refractivity contribution < 1.29 is 41.0 Å². The van der Waals surface area contributed by atoms with Gasteiger partial charge in [0.25, 0.3) is 10.1 Å². The molecule has 7 N–H and O–H groups in total. The predicted molar refractivity (Wildman–Crippen MR) is 164 cm³/mol. The molecule has 0 radical (unpaired) electrons. The number of hydrogen-bond donors (Lipinski definition) is 6. The van der Waals surface area contributed by atoms with E-state index in [4.69, 9.17) is 20.3 Å². The fourth-order valence-corrected chi connectivity index (χ4v) is 7.32. The second-order valence-electron chi connectivity index (χ2n) is 11.0. The molecule has 4 rings (SSSR count). The van der Waals surface area contributed by atoms with Gasteiger partial charge in [0.1, 0.15) is 5.41 Å². The minimum atomic E-state index is -4.00. The first kappa shape index (κ1) is 35.6. The van der Waals surface area contributed by atoms with Gasteiger partial charge in [0.2, 0.25) is 21.8 Å².